The highest BCUT2D eigenvalue weighted by Gasteiger charge is 2.34. The SMILES string of the molecule is CC(C)(C)OC(=O)N(CCc1ccc(NC(=O)[C@H]2CCCN2C(=O)O)cc1)C[C@H](O)c1cccc(Cl)c1. The van der Waals surface area contributed by atoms with Gasteiger partial charge in [0.15, 0.2) is 0 Å². The normalized spacial score (nSPS) is 16.2. The maximum atomic E-state index is 12.9. The molecule has 1 fully saturated rings. The third-order valence-corrected chi connectivity index (χ3v) is 6.21. The minimum atomic E-state index is -1.09. The molecule has 9 nitrogen and oxygen atoms in total. The van der Waals surface area contributed by atoms with Gasteiger partial charge < -0.3 is 25.2 Å². The first-order chi connectivity index (χ1) is 17.4. The lowest BCUT2D eigenvalue weighted by Crippen LogP contribution is -2.42. The number of amides is 3. The van der Waals surface area contributed by atoms with Crippen LogP contribution in [0.25, 0.3) is 0 Å². The fourth-order valence-corrected chi connectivity index (χ4v) is 4.32. The molecule has 200 valence electrons. The van der Waals surface area contributed by atoms with Gasteiger partial charge in [0.25, 0.3) is 0 Å². The third kappa shape index (κ3) is 8.36. The number of likely N-dealkylation sites (tertiary alicyclic amines) is 1. The molecule has 1 saturated heterocycles. The van der Waals surface area contributed by atoms with Crippen molar-refractivity contribution in [3.8, 4) is 0 Å². The van der Waals surface area contributed by atoms with Crippen molar-refractivity contribution in [1.29, 1.82) is 0 Å². The molecule has 1 aliphatic rings. The molecule has 2 atom stereocenters. The van der Waals surface area contributed by atoms with E-state index >= 15 is 0 Å². The zero-order chi connectivity index (χ0) is 27.2. The quantitative estimate of drug-likeness (QED) is 0.444. The summed E-state index contributed by atoms with van der Waals surface area (Å²) in [7, 11) is 0. The number of rotatable bonds is 8. The van der Waals surface area contributed by atoms with Gasteiger partial charge in [-0.3, -0.25) is 9.69 Å². The molecule has 0 aliphatic carbocycles. The zero-order valence-corrected chi connectivity index (χ0v) is 22.1. The Labute approximate surface area is 222 Å². The molecular weight excluding hydrogens is 498 g/mol. The Hall–Kier alpha value is -3.30. The summed E-state index contributed by atoms with van der Waals surface area (Å²) in [6.07, 6.45) is -0.920. The van der Waals surface area contributed by atoms with Crippen LogP contribution in [-0.2, 0) is 16.0 Å². The van der Waals surface area contributed by atoms with Crippen LogP contribution in [0.5, 0.6) is 0 Å². The molecule has 1 aliphatic heterocycles. The number of hydrogen-bond donors (Lipinski definition) is 3. The van der Waals surface area contributed by atoms with Crippen molar-refractivity contribution < 1.29 is 29.3 Å². The average molecular weight is 532 g/mol. The number of carboxylic acid groups (broad SMARTS) is 1. The maximum Gasteiger partial charge on any atom is 0.410 e. The standard InChI is InChI=1S/C27H34ClN3O6/c1-27(2,3)37-26(36)30(17-23(32)19-6-4-7-20(28)16-19)15-13-18-9-11-21(12-10-18)29-24(33)22-8-5-14-31(22)25(34)35/h4,6-7,9-12,16,22-23,32H,5,8,13-15,17H2,1-3H3,(H,29,33)(H,34,35)/t22-,23+/m1/s1. The molecule has 2 aromatic rings. The fraction of sp³-hybridized carbons (Fsp3) is 0.444. The molecule has 3 rings (SSSR count). The molecular formula is C27H34ClN3O6. The predicted molar refractivity (Wildman–Crippen MR) is 141 cm³/mol. The van der Waals surface area contributed by atoms with E-state index in [2.05, 4.69) is 5.32 Å². The lowest BCUT2D eigenvalue weighted by molar-refractivity contribution is -0.119. The third-order valence-electron chi connectivity index (χ3n) is 5.97. The van der Waals surface area contributed by atoms with E-state index in [9.17, 15) is 24.6 Å². The highest BCUT2D eigenvalue weighted by atomic mass is 35.5. The number of nitrogens with one attached hydrogen (secondary N) is 1. The van der Waals surface area contributed by atoms with E-state index in [-0.39, 0.29) is 12.5 Å². The lowest BCUT2D eigenvalue weighted by Gasteiger charge is -2.29. The van der Waals surface area contributed by atoms with Gasteiger partial charge in [-0.25, -0.2) is 9.59 Å². The summed E-state index contributed by atoms with van der Waals surface area (Å²) in [6.45, 7) is 6.03. The number of nitrogens with zero attached hydrogens (tertiary/aromatic N) is 2. The molecule has 0 saturated carbocycles. The molecule has 0 spiro atoms. The van der Waals surface area contributed by atoms with Crippen LogP contribution in [-0.4, -0.2) is 69.4 Å². The maximum absolute atomic E-state index is 12.9. The monoisotopic (exact) mass is 531 g/mol. The van der Waals surface area contributed by atoms with Gasteiger partial charge in [-0.2, -0.15) is 0 Å². The minimum Gasteiger partial charge on any atom is -0.465 e. The van der Waals surface area contributed by atoms with E-state index in [4.69, 9.17) is 16.3 Å². The summed E-state index contributed by atoms with van der Waals surface area (Å²) in [4.78, 5) is 39.4. The van der Waals surface area contributed by atoms with Crippen LogP contribution < -0.4 is 5.32 Å². The van der Waals surface area contributed by atoms with Crippen molar-refractivity contribution >= 4 is 35.4 Å². The molecule has 2 aromatic carbocycles. The first kappa shape index (κ1) is 28.3. The topological polar surface area (TPSA) is 119 Å². The minimum absolute atomic E-state index is 0.0326. The van der Waals surface area contributed by atoms with Crippen LogP contribution in [0, 0.1) is 0 Å². The van der Waals surface area contributed by atoms with Crippen molar-refractivity contribution in [3.05, 3.63) is 64.7 Å². The fourth-order valence-electron chi connectivity index (χ4n) is 4.12. The van der Waals surface area contributed by atoms with Crippen LogP contribution in [0.3, 0.4) is 0 Å². The summed E-state index contributed by atoms with van der Waals surface area (Å²) >= 11 is 6.05. The summed E-state index contributed by atoms with van der Waals surface area (Å²) in [5.41, 5.74) is 1.39. The van der Waals surface area contributed by atoms with E-state index in [0.29, 0.717) is 48.6 Å². The lowest BCUT2D eigenvalue weighted by atomic mass is 10.1. The summed E-state index contributed by atoms with van der Waals surface area (Å²) in [6, 6.07) is 13.3. The number of carbonyl (C=O) groups is 3. The summed E-state index contributed by atoms with van der Waals surface area (Å²) < 4.78 is 5.54. The molecule has 1 heterocycles. The van der Waals surface area contributed by atoms with Gasteiger partial charge in [0.05, 0.1) is 12.6 Å². The molecule has 0 bridgehead atoms. The number of aliphatic hydroxyl groups is 1. The summed E-state index contributed by atoms with van der Waals surface area (Å²) in [5.74, 6) is -0.348. The Morgan fingerprint density at radius 3 is 2.51 bits per heavy atom. The van der Waals surface area contributed by atoms with Crippen molar-refractivity contribution in [1.82, 2.24) is 9.80 Å². The first-order valence-corrected chi connectivity index (χ1v) is 12.6. The number of carbonyl (C=O) groups excluding carboxylic acids is 2. The zero-order valence-electron chi connectivity index (χ0n) is 21.3. The van der Waals surface area contributed by atoms with Crippen molar-refractivity contribution in [3.63, 3.8) is 0 Å². The predicted octanol–water partition coefficient (Wildman–Crippen LogP) is 4.93. The van der Waals surface area contributed by atoms with Crippen molar-refractivity contribution in [2.24, 2.45) is 0 Å². The number of aliphatic hydroxyl groups excluding tert-OH is 1. The van der Waals surface area contributed by atoms with Crippen LogP contribution in [0.15, 0.2) is 48.5 Å². The summed E-state index contributed by atoms with van der Waals surface area (Å²) in [5, 5.41) is 23.3. The molecule has 3 N–H and O–H groups in total. The van der Waals surface area contributed by atoms with Crippen molar-refractivity contribution in [2.45, 2.75) is 57.8 Å². The van der Waals surface area contributed by atoms with Crippen LogP contribution in [0.4, 0.5) is 15.3 Å². The number of ether oxygens (including phenoxy) is 1. The van der Waals surface area contributed by atoms with E-state index in [0.717, 1.165) is 10.5 Å². The molecule has 0 aromatic heterocycles. The Morgan fingerprint density at radius 2 is 1.89 bits per heavy atom. The Balaban J connectivity index is 1.63. The van der Waals surface area contributed by atoms with E-state index in [1.54, 1.807) is 57.2 Å². The average Bonchev–Trinajstić information content (AvgIpc) is 3.32. The molecule has 37 heavy (non-hydrogen) atoms. The van der Waals surface area contributed by atoms with Gasteiger partial charge in [-0.05, 0) is 75.4 Å². The van der Waals surface area contributed by atoms with E-state index < -0.39 is 29.9 Å². The second kappa shape index (κ2) is 12.3. The number of anilines is 1. The Morgan fingerprint density at radius 1 is 1.19 bits per heavy atom. The molecule has 10 heteroatoms. The highest BCUT2D eigenvalue weighted by Crippen LogP contribution is 2.22. The van der Waals surface area contributed by atoms with E-state index in [1.807, 2.05) is 12.1 Å². The van der Waals surface area contributed by atoms with Gasteiger partial charge in [0.2, 0.25) is 5.91 Å². The van der Waals surface area contributed by atoms with Crippen molar-refractivity contribution in [2.75, 3.05) is 25.0 Å². The number of halogens is 1. The van der Waals surface area contributed by atoms with Crippen LogP contribution in [0.2, 0.25) is 5.02 Å². The Kier molecular flexibility index (Phi) is 9.39. The van der Waals surface area contributed by atoms with Gasteiger partial charge in [0, 0.05) is 23.8 Å². The largest absolute Gasteiger partial charge is 0.465 e. The Bertz CT molecular complexity index is 1100. The van der Waals surface area contributed by atoms with Crippen LogP contribution >= 0.6 is 11.6 Å². The van der Waals surface area contributed by atoms with E-state index in [1.165, 1.54) is 4.90 Å². The first-order valence-electron chi connectivity index (χ1n) is 12.2. The van der Waals surface area contributed by atoms with Crippen LogP contribution in [0.1, 0.15) is 50.8 Å². The second-order valence-electron chi connectivity index (χ2n) is 10.1. The van der Waals surface area contributed by atoms with Gasteiger partial charge >= 0.3 is 12.2 Å². The number of hydrogen-bond acceptors (Lipinski definition) is 5. The smallest absolute Gasteiger partial charge is 0.410 e. The van der Waals surface area contributed by atoms with Gasteiger partial charge in [-0.1, -0.05) is 35.9 Å². The van der Waals surface area contributed by atoms with Gasteiger partial charge in [0.1, 0.15) is 11.6 Å². The molecule has 0 unspecified atom stereocenters. The molecule has 0 radical (unpaired) electrons. The highest BCUT2D eigenvalue weighted by molar-refractivity contribution is 6.30. The number of benzene rings is 2. The molecule has 3 amide bonds. The van der Waals surface area contributed by atoms with Gasteiger partial charge in [-0.15, -0.1) is 0 Å². The second-order valence-corrected chi connectivity index (χ2v) is 10.5.